The van der Waals surface area contributed by atoms with E-state index in [1.807, 2.05) is 25.1 Å². The number of nitrogens with one attached hydrogen (secondary N) is 1. The van der Waals surface area contributed by atoms with Crippen molar-refractivity contribution in [2.45, 2.75) is 13.0 Å². The third kappa shape index (κ3) is 4.26. The van der Waals surface area contributed by atoms with Gasteiger partial charge in [0.2, 0.25) is 0 Å². The number of hydrogen-bond acceptors (Lipinski definition) is 1. The van der Waals surface area contributed by atoms with Gasteiger partial charge in [-0.3, -0.25) is 4.79 Å². The number of amides is 1. The van der Waals surface area contributed by atoms with Gasteiger partial charge < -0.3 is 10.6 Å². The summed E-state index contributed by atoms with van der Waals surface area (Å²) in [6.07, 6.45) is 0. The van der Waals surface area contributed by atoms with Gasteiger partial charge in [0.1, 0.15) is 23.4 Å². The Bertz CT molecular complexity index is 659. The molecular weight excluding hydrogens is 310 g/mol. The Morgan fingerprint density at radius 3 is 2.50 bits per heavy atom. The quantitative estimate of drug-likeness (QED) is 0.872. The second-order valence-corrected chi connectivity index (χ2v) is 5.36. The summed E-state index contributed by atoms with van der Waals surface area (Å²) < 4.78 is 26.9. The second-order valence-electron chi connectivity index (χ2n) is 4.93. The number of benzene rings is 2. The highest BCUT2D eigenvalue weighted by molar-refractivity contribution is 6.30. The number of rotatable bonds is 5. The molecule has 0 saturated heterocycles. The van der Waals surface area contributed by atoms with Crippen LogP contribution in [-0.4, -0.2) is 12.5 Å². The van der Waals surface area contributed by atoms with Crippen LogP contribution in [0.2, 0.25) is 5.02 Å². The number of hydrogen-bond donors (Lipinski definition) is 2. The van der Waals surface area contributed by atoms with E-state index in [0.717, 1.165) is 17.7 Å². The van der Waals surface area contributed by atoms with E-state index in [-0.39, 0.29) is 12.6 Å². The zero-order chi connectivity index (χ0) is 16.1. The molecule has 1 amide bonds. The van der Waals surface area contributed by atoms with Crippen LogP contribution in [-0.2, 0) is 4.79 Å². The van der Waals surface area contributed by atoms with Gasteiger partial charge in [-0.2, -0.15) is 0 Å². The molecule has 0 aromatic heterocycles. The summed E-state index contributed by atoms with van der Waals surface area (Å²) in [5.41, 5.74) is 0.550. The lowest BCUT2D eigenvalue weighted by Gasteiger charge is -2.12. The molecule has 116 valence electrons. The fraction of sp³-hybridized carbons (Fsp3) is 0.188. The maximum Gasteiger partial charge on any atom is 0.279 e. The predicted molar refractivity (Wildman–Crippen MR) is 81.6 cm³/mol. The molecule has 0 aliphatic rings. The van der Waals surface area contributed by atoms with E-state index in [4.69, 9.17) is 11.6 Å². The highest BCUT2D eigenvalue weighted by Crippen LogP contribution is 2.17. The minimum Gasteiger partial charge on any atom is -0.333 e. The molecule has 22 heavy (non-hydrogen) atoms. The number of carbonyl (C=O) groups is 1. The highest BCUT2D eigenvalue weighted by atomic mass is 35.5. The highest BCUT2D eigenvalue weighted by Gasteiger charge is 2.15. The molecule has 0 aliphatic carbocycles. The maximum absolute atomic E-state index is 13.4. The molecule has 2 aromatic carbocycles. The van der Waals surface area contributed by atoms with Crippen molar-refractivity contribution in [3.05, 3.63) is 64.7 Å². The largest absolute Gasteiger partial charge is 0.333 e. The van der Waals surface area contributed by atoms with Gasteiger partial charge in [0, 0.05) is 10.6 Å². The zero-order valence-electron chi connectivity index (χ0n) is 11.9. The fourth-order valence-electron chi connectivity index (χ4n) is 2.02. The molecule has 0 heterocycles. The minimum atomic E-state index is -0.795. The summed E-state index contributed by atoms with van der Waals surface area (Å²) in [5.74, 6) is -2.06. The Morgan fingerprint density at radius 1 is 1.23 bits per heavy atom. The van der Waals surface area contributed by atoms with Crippen molar-refractivity contribution in [1.82, 2.24) is 0 Å². The van der Waals surface area contributed by atoms with Crippen LogP contribution >= 0.6 is 11.6 Å². The van der Waals surface area contributed by atoms with Crippen molar-refractivity contribution in [2.24, 2.45) is 0 Å². The molecule has 0 saturated carbocycles. The Morgan fingerprint density at radius 2 is 1.86 bits per heavy atom. The van der Waals surface area contributed by atoms with Crippen LogP contribution in [0.3, 0.4) is 0 Å². The van der Waals surface area contributed by atoms with Crippen molar-refractivity contribution in [2.75, 3.05) is 11.9 Å². The lowest BCUT2D eigenvalue weighted by atomic mass is 10.1. The summed E-state index contributed by atoms with van der Waals surface area (Å²) in [6, 6.07) is 10.7. The molecule has 0 bridgehead atoms. The average molecular weight is 326 g/mol. The first-order valence-electron chi connectivity index (χ1n) is 6.80. The number of quaternary nitrogens is 1. The second kappa shape index (κ2) is 7.33. The normalized spacial score (nSPS) is 12.0. The van der Waals surface area contributed by atoms with Gasteiger partial charge in [-0.05, 0) is 31.2 Å². The Balaban J connectivity index is 1.93. The van der Waals surface area contributed by atoms with Crippen molar-refractivity contribution < 1.29 is 18.9 Å². The summed E-state index contributed by atoms with van der Waals surface area (Å²) in [6.45, 7) is 1.96. The smallest absolute Gasteiger partial charge is 0.279 e. The third-order valence-electron chi connectivity index (χ3n) is 3.26. The molecule has 2 rings (SSSR count). The number of carbonyl (C=O) groups excluding carboxylic acids is 1. The monoisotopic (exact) mass is 325 g/mol. The summed E-state index contributed by atoms with van der Waals surface area (Å²) in [5, 5.41) is 4.64. The molecule has 1 atom stereocenters. The van der Waals surface area contributed by atoms with Gasteiger partial charge in [-0.1, -0.05) is 29.8 Å². The van der Waals surface area contributed by atoms with Crippen molar-refractivity contribution in [3.63, 3.8) is 0 Å². The summed E-state index contributed by atoms with van der Waals surface area (Å²) >= 11 is 5.92. The fourth-order valence-corrected chi connectivity index (χ4v) is 2.22. The van der Waals surface area contributed by atoms with Crippen LogP contribution in [0.4, 0.5) is 14.5 Å². The Labute approximate surface area is 132 Å². The molecule has 0 radical (unpaired) electrons. The molecular formula is C16H16ClF2N2O+. The van der Waals surface area contributed by atoms with Gasteiger partial charge in [0.05, 0.1) is 0 Å². The third-order valence-corrected chi connectivity index (χ3v) is 3.49. The van der Waals surface area contributed by atoms with Crippen LogP contribution in [0, 0.1) is 11.6 Å². The Kier molecular flexibility index (Phi) is 5.46. The van der Waals surface area contributed by atoms with Crippen LogP contribution in [0.25, 0.3) is 0 Å². The van der Waals surface area contributed by atoms with Crippen LogP contribution in [0.1, 0.15) is 18.5 Å². The van der Waals surface area contributed by atoms with Gasteiger partial charge in [-0.25, -0.2) is 8.78 Å². The molecule has 6 heteroatoms. The van der Waals surface area contributed by atoms with E-state index in [2.05, 4.69) is 5.32 Å². The predicted octanol–water partition coefficient (Wildman–Crippen LogP) is 2.88. The van der Waals surface area contributed by atoms with E-state index in [1.165, 1.54) is 6.07 Å². The van der Waals surface area contributed by atoms with E-state index in [9.17, 15) is 13.6 Å². The topological polar surface area (TPSA) is 45.7 Å². The van der Waals surface area contributed by atoms with E-state index < -0.39 is 23.2 Å². The van der Waals surface area contributed by atoms with Gasteiger partial charge in [0.25, 0.3) is 5.91 Å². The van der Waals surface area contributed by atoms with Gasteiger partial charge in [0.15, 0.2) is 6.54 Å². The number of para-hydroxylation sites is 1. The first-order valence-corrected chi connectivity index (χ1v) is 7.18. The first-order chi connectivity index (χ1) is 10.5. The number of halogens is 3. The maximum atomic E-state index is 13.4. The van der Waals surface area contributed by atoms with E-state index in [0.29, 0.717) is 5.02 Å². The molecule has 2 aromatic rings. The van der Waals surface area contributed by atoms with Crippen molar-refractivity contribution >= 4 is 23.2 Å². The number of nitrogens with two attached hydrogens (primary N) is 1. The molecule has 0 fully saturated rings. The molecule has 0 unspecified atom stereocenters. The van der Waals surface area contributed by atoms with E-state index >= 15 is 0 Å². The van der Waals surface area contributed by atoms with Gasteiger partial charge in [-0.15, -0.1) is 0 Å². The Hall–Kier alpha value is -1.98. The van der Waals surface area contributed by atoms with Gasteiger partial charge >= 0.3 is 0 Å². The van der Waals surface area contributed by atoms with Crippen LogP contribution in [0.5, 0.6) is 0 Å². The van der Waals surface area contributed by atoms with Crippen molar-refractivity contribution in [1.29, 1.82) is 0 Å². The lowest BCUT2D eigenvalue weighted by molar-refractivity contribution is -0.682. The zero-order valence-corrected chi connectivity index (χ0v) is 12.7. The van der Waals surface area contributed by atoms with Crippen LogP contribution < -0.4 is 10.6 Å². The molecule has 0 aliphatic heterocycles. The molecule has 3 N–H and O–H groups in total. The average Bonchev–Trinajstić information content (AvgIpc) is 2.48. The minimum absolute atomic E-state index is 0.00471. The standard InChI is InChI=1S/C16H15ClF2N2O/c1-10(11-4-2-5-12(17)8-11)20-9-15(22)21-16-13(18)6-3-7-14(16)19/h2-8,10,20H,9H2,1H3,(H,21,22)/p+1/t10-/m1/s1. The lowest BCUT2D eigenvalue weighted by Crippen LogP contribution is -2.86. The summed E-state index contributed by atoms with van der Waals surface area (Å²) in [4.78, 5) is 11.8. The van der Waals surface area contributed by atoms with Crippen molar-refractivity contribution in [3.8, 4) is 0 Å². The number of anilines is 1. The summed E-state index contributed by atoms with van der Waals surface area (Å²) in [7, 11) is 0. The molecule has 3 nitrogen and oxygen atoms in total. The van der Waals surface area contributed by atoms with E-state index in [1.54, 1.807) is 11.4 Å². The first kappa shape index (κ1) is 16.4. The molecule has 0 spiro atoms. The SMILES string of the molecule is C[C@@H]([NH2+]CC(=O)Nc1c(F)cccc1F)c1cccc(Cl)c1. The van der Waals surface area contributed by atoms with Crippen LogP contribution in [0.15, 0.2) is 42.5 Å².